The second-order valence-electron chi connectivity index (χ2n) is 4.92. The molecule has 0 aliphatic rings. The van der Waals surface area contributed by atoms with Gasteiger partial charge in [-0.3, -0.25) is 0 Å². The van der Waals surface area contributed by atoms with E-state index in [0.717, 1.165) is 18.2 Å². The maximum absolute atomic E-state index is 13.7. The third-order valence-electron chi connectivity index (χ3n) is 3.22. The monoisotopic (exact) mass is 331 g/mol. The molecular weight excluding hydrogens is 317 g/mol. The Hall–Kier alpha value is -2.15. The van der Waals surface area contributed by atoms with Crippen molar-refractivity contribution in [3.05, 3.63) is 65.2 Å². The Kier molecular flexibility index (Phi) is 5.20. The number of halogens is 5. The van der Waals surface area contributed by atoms with Gasteiger partial charge < -0.3 is 10.1 Å². The summed E-state index contributed by atoms with van der Waals surface area (Å²) in [6.07, 6.45) is -4.80. The van der Waals surface area contributed by atoms with Gasteiger partial charge in [-0.05, 0) is 31.2 Å². The highest BCUT2D eigenvalue weighted by Crippen LogP contribution is 2.27. The van der Waals surface area contributed by atoms with Crippen LogP contribution in [-0.4, -0.2) is 6.36 Å². The third-order valence-corrected chi connectivity index (χ3v) is 3.22. The summed E-state index contributed by atoms with van der Waals surface area (Å²) in [5.74, 6) is -1.51. The first-order valence-corrected chi connectivity index (χ1v) is 6.78. The molecule has 0 spiro atoms. The maximum atomic E-state index is 13.7. The van der Waals surface area contributed by atoms with E-state index in [-0.39, 0.29) is 23.4 Å². The lowest BCUT2D eigenvalue weighted by atomic mass is 10.1. The molecule has 124 valence electrons. The molecule has 23 heavy (non-hydrogen) atoms. The molecule has 1 unspecified atom stereocenters. The third kappa shape index (κ3) is 4.92. The van der Waals surface area contributed by atoms with E-state index in [1.807, 2.05) is 0 Å². The Bertz CT molecular complexity index is 672. The number of nitrogens with one attached hydrogen (secondary N) is 1. The quantitative estimate of drug-likeness (QED) is 0.801. The van der Waals surface area contributed by atoms with Gasteiger partial charge in [-0.15, -0.1) is 13.2 Å². The molecule has 0 bridgehead atoms. The number of ether oxygens (including phenoxy) is 1. The van der Waals surface area contributed by atoms with E-state index in [1.54, 1.807) is 13.0 Å². The van der Waals surface area contributed by atoms with Crippen molar-refractivity contribution < 1.29 is 26.7 Å². The Balaban J connectivity index is 2.10. The van der Waals surface area contributed by atoms with Crippen molar-refractivity contribution in [2.75, 3.05) is 0 Å². The predicted octanol–water partition coefficient (Wildman–Crippen LogP) is 4.71. The van der Waals surface area contributed by atoms with Gasteiger partial charge in [0, 0.05) is 23.7 Å². The van der Waals surface area contributed by atoms with Crippen LogP contribution in [-0.2, 0) is 6.54 Å². The van der Waals surface area contributed by atoms with Gasteiger partial charge in [0.15, 0.2) is 0 Å². The first-order chi connectivity index (χ1) is 10.8. The fraction of sp³-hybridized carbons (Fsp3) is 0.250. The molecule has 0 aromatic heterocycles. The van der Waals surface area contributed by atoms with E-state index >= 15 is 0 Å². The second-order valence-corrected chi connectivity index (χ2v) is 4.92. The fourth-order valence-corrected chi connectivity index (χ4v) is 2.09. The van der Waals surface area contributed by atoms with Crippen LogP contribution >= 0.6 is 0 Å². The molecule has 0 radical (unpaired) electrons. The summed E-state index contributed by atoms with van der Waals surface area (Å²) in [6, 6.07) is 8.09. The molecule has 0 saturated heterocycles. The van der Waals surface area contributed by atoms with Crippen molar-refractivity contribution in [3.8, 4) is 5.75 Å². The Labute approximate surface area is 129 Å². The molecule has 0 saturated carbocycles. The van der Waals surface area contributed by atoms with Crippen LogP contribution in [0.4, 0.5) is 22.0 Å². The van der Waals surface area contributed by atoms with Crippen molar-refractivity contribution in [2.45, 2.75) is 25.9 Å². The Morgan fingerprint density at radius 3 is 2.48 bits per heavy atom. The van der Waals surface area contributed by atoms with Crippen molar-refractivity contribution in [1.82, 2.24) is 5.32 Å². The lowest BCUT2D eigenvalue weighted by Crippen LogP contribution is -2.22. The summed E-state index contributed by atoms with van der Waals surface area (Å²) >= 11 is 0. The number of alkyl halides is 3. The van der Waals surface area contributed by atoms with Gasteiger partial charge in [-0.2, -0.15) is 0 Å². The first kappa shape index (κ1) is 17.2. The van der Waals surface area contributed by atoms with Crippen LogP contribution in [0.5, 0.6) is 5.75 Å². The standard InChI is InChI=1S/C16H14F5NO/c1-10(13-8-12(17)6-7-14(13)18)22-9-11-4-2-3-5-15(11)23-16(19,20)21/h2-8,10,22H,9H2,1H3. The van der Waals surface area contributed by atoms with E-state index < -0.39 is 24.0 Å². The molecule has 2 rings (SSSR count). The van der Waals surface area contributed by atoms with Gasteiger partial charge in [0.25, 0.3) is 0 Å². The van der Waals surface area contributed by atoms with Crippen LogP contribution in [0.3, 0.4) is 0 Å². The minimum absolute atomic E-state index is 0.00335. The van der Waals surface area contributed by atoms with Crippen LogP contribution < -0.4 is 10.1 Å². The van der Waals surface area contributed by atoms with E-state index in [2.05, 4.69) is 10.1 Å². The second kappa shape index (κ2) is 6.95. The van der Waals surface area contributed by atoms with Crippen LogP contribution in [0, 0.1) is 11.6 Å². The molecule has 0 aliphatic heterocycles. The number of hydrogen-bond donors (Lipinski definition) is 1. The van der Waals surface area contributed by atoms with E-state index in [1.165, 1.54) is 18.2 Å². The van der Waals surface area contributed by atoms with Crippen molar-refractivity contribution in [3.63, 3.8) is 0 Å². The lowest BCUT2D eigenvalue weighted by Gasteiger charge is -2.17. The highest BCUT2D eigenvalue weighted by molar-refractivity contribution is 5.33. The maximum Gasteiger partial charge on any atom is 0.573 e. The Morgan fingerprint density at radius 1 is 1.09 bits per heavy atom. The van der Waals surface area contributed by atoms with Gasteiger partial charge in [-0.1, -0.05) is 18.2 Å². The summed E-state index contributed by atoms with van der Waals surface area (Å²) < 4.78 is 67.8. The number of benzene rings is 2. The average Bonchev–Trinajstić information content (AvgIpc) is 2.47. The molecule has 2 aromatic rings. The highest BCUT2D eigenvalue weighted by Gasteiger charge is 2.32. The highest BCUT2D eigenvalue weighted by atomic mass is 19.4. The average molecular weight is 331 g/mol. The van der Waals surface area contributed by atoms with Gasteiger partial charge in [0.1, 0.15) is 17.4 Å². The summed E-state index contributed by atoms with van der Waals surface area (Å²) in [4.78, 5) is 0. The first-order valence-electron chi connectivity index (χ1n) is 6.78. The van der Waals surface area contributed by atoms with Crippen LogP contribution in [0.15, 0.2) is 42.5 Å². The molecule has 0 fully saturated rings. The zero-order valence-corrected chi connectivity index (χ0v) is 12.1. The van der Waals surface area contributed by atoms with Gasteiger partial charge in [-0.25, -0.2) is 8.78 Å². The zero-order valence-electron chi connectivity index (χ0n) is 12.1. The minimum Gasteiger partial charge on any atom is -0.405 e. The summed E-state index contributed by atoms with van der Waals surface area (Å²) in [6.45, 7) is 1.59. The topological polar surface area (TPSA) is 21.3 Å². The van der Waals surface area contributed by atoms with Crippen LogP contribution in [0.1, 0.15) is 24.1 Å². The van der Waals surface area contributed by atoms with Crippen molar-refractivity contribution >= 4 is 0 Å². The predicted molar refractivity (Wildman–Crippen MR) is 74.7 cm³/mol. The van der Waals surface area contributed by atoms with E-state index in [4.69, 9.17) is 0 Å². The number of para-hydroxylation sites is 1. The Morgan fingerprint density at radius 2 is 1.78 bits per heavy atom. The van der Waals surface area contributed by atoms with Crippen molar-refractivity contribution in [2.24, 2.45) is 0 Å². The number of rotatable bonds is 5. The molecule has 1 atom stereocenters. The smallest absolute Gasteiger partial charge is 0.405 e. The summed E-state index contributed by atoms with van der Waals surface area (Å²) in [5.41, 5.74) is 0.354. The van der Waals surface area contributed by atoms with Crippen molar-refractivity contribution in [1.29, 1.82) is 0 Å². The van der Waals surface area contributed by atoms with Gasteiger partial charge in [0.2, 0.25) is 0 Å². The molecule has 7 heteroatoms. The van der Waals surface area contributed by atoms with E-state index in [9.17, 15) is 22.0 Å². The molecule has 0 aliphatic carbocycles. The molecular formula is C16H14F5NO. The van der Waals surface area contributed by atoms with Crippen LogP contribution in [0.25, 0.3) is 0 Å². The summed E-state index contributed by atoms with van der Waals surface area (Å²) in [7, 11) is 0. The SMILES string of the molecule is CC(NCc1ccccc1OC(F)(F)F)c1cc(F)ccc1F. The van der Waals surface area contributed by atoms with Gasteiger partial charge >= 0.3 is 6.36 Å². The molecule has 0 heterocycles. The molecule has 0 amide bonds. The largest absolute Gasteiger partial charge is 0.573 e. The zero-order chi connectivity index (χ0) is 17.0. The van der Waals surface area contributed by atoms with Gasteiger partial charge in [0.05, 0.1) is 0 Å². The normalized spacial score (nSPS) is 13.0. The molecule has 1 N–H and O–H groups in total. The molecule has 2 nitrogen and oxygen atoms in total. The minimum atomic E-state index is -4.80. The molecule has 2 aromatic carbocycles. The van der Waals surface area contributed by atoms with Crippen LogP contribution in [0.2, 0.25) is 0 Å². The summed E-state index contributed by atoms with van der Waals surface area (Å²) in [5, 5.41) is 2.86. The fourth-order valence-electron chi connectivity index (χ4n) is 2.09. The van der Waals surface area contributed by atoms with E-state index in [0.29, 0.717) is 0 Å². The lowest BCUT2D eigenvalue weighted by molar-refractivity contribution is -0.274. The number of hydrogen-bond acceptors (Lipinski definition) is 2.